The highest BCUT2D eigenvalue weighted by atomic mass is 35.5. The van der Waals surface area contributed by atoms with Crippen LogP contribution in [0.2, 0.25) is 10.0 Å². The van der Waals surface area contributed by atoms with Crippen molar-refractivity contribution in [3.63, 3.8) is 0 Å². The van der Waals surface area contributed by atoms with Gasteiger partial charge in [0.15, 0.2) is 0 Å². The van der Waals surface area contributed by atoms with E-state index in [1.165, 1.54) is 21.6 Å². The number of benzene rings is 3. The fourth-order valence-electron chi connectivity index (χ4n) is 4.01. The summed E-state index contributed by atoms with van der Waals surface area (Å²) in [6, 6.07) is 28.1. The van der Waals surface area contributed by atoms with Gasteiger partial charge in [0.05, 0.1) is 17.1 Å². The van der Waals surface area contributed by atoms with Crippen LogP contribution in [0.1, 0.15) is 44.3 Å². The van der Waals surface area contributed by atoms with Gasteiger partial charge in [0, 0.05) is 22.4 Å². The lowest BCUT2D eigenvalue weighted by Gasteiger charge is -2.26. The quantitative estimate of drug-likeness (QED) is 0.242. The lowest BCUT2D eigenvalue weighted by Crippen LogP contribution is -2.32. The second-order valence-electron chi connectivity index (χ2n) is 8.04. The van der Waals surface area contributed by atoms with E-state index in [-0.39, 0.29) is 11.8 Å². The second-order valence-corrected chi connectivity index (χ2v) is 9.88. The molecule has 0 saturated heterocycles. The Balaban J connectivity index is 1.63. The summed E-state index contributed by atoms with van der Waals surface area (Å²) in [5.41, 5.74) is 4.16. The number of aryl methyl sites for hydroxylation is 1. The molecule has 1 heterocycles. The predicted molar refractivity (Wildman–Crippen MR) is 140 cm³/mol. The summed E-state index contributed by atoms with van der Waals surface area (Å²) in [4.78, 5) is 16.7. The average Bonchev–Trinajstić information content (AvgIpc) is 3.23. The third-order valence-electron chi connectivity index (χ3n) is 5.84. The van der Waals surface area contributed by atoms with E-state index in [4.69, 9.17) is 23.2 Å². The van der Waals surface area contributed by atoms with Crippen LogP contribution in [0.5, 0.6) is 0 Å². The molecule has 1 amide bonds. The van der Waals surface area contributed by atoms with Gasteiger partial charge in [-0.15, -0.1) is 11.3 Å². The molecule has 0 unspecified atom stereocenters. The molecule has 4 rings (SSSR count). The van der Waals surface area contributed by atoms with E-state index in [9.17, 15) is 4.79 Å². The molecular formula is C28H25Cl2NOS. The molecule has 168 valence electrons. The normalized spacial score (nSPS) is 11.0. The van der Waals surface area contributed by atoms with Gasteiger partial charge in [-0.3, -0.25) is 4.79 Å². The Morgan fingerprint density at radius 3 is 2.09 bits per heavy atom. The number of carbonyl (C=O) groups excluding carboxylic acids is 1. The van der Waals surface area contributed by atoms with Crippen molar-refractivity contribution in [3.05, 3.63) is 127 Å². The van der Waals surface area contributed by atoms with E-state index in [1.807, 2.05) is 17.0 Å². The number of hydrogen-bond donors (Lipinski definition) is 0. The van der Waals surface area contributed by atoms with Crippen molar-refractivity contribution in [2.75, 3.05) is 6.54 Å². The fraction of sp³-hybridized carbons (Fsp3) is 0.179. The van der Waals surface area contributed by atoms with Gasteiger partial charge in [0.25, 0.3) is 5.91 Å². The summed E-state index contributed by atoms with van der Waals surface area (Å²) < 4.78 is 0. The first-order chi connectivity index (χ1) is 16.0. The molecule has 0 bridgehead atoms. The first-order valence-corrected chi connectivity index (χ1v) is 12.5. The second kappa shape index (κ2) is 11.0. The maximum Gasteiger partial charge on any atom is 0.255 e. The number of amides is 1. The number of rotatable bonds is 8. The van der Waals surface area contributed by atoms with Gasteiger partial charge >= 0.3 is 0 Å². The highest BCUT2D eigenvalue weighted by Crippen LogP contribution is 2.30. The van der Waals surface area contributed by atoms with Crippen LogP contribution in [0, 0.1) is 6.92 Å². The van der Waals surface area contributed by atoms with Crippen LogP contribution in [0.4, 0.5) is 0 Å². The molecule has 2 nitrogen and oxygen atoms in total. The molecule has 0 aliphatic rings. The van der Waals surface area contributed by atoms with Gasteiger partial charge in [-0.25, -0.2) is 0 Å². The summed E-state index contributed by atoms with van der Waals surface area (Å²) in [6.07, 6.45) is 0.801. The Morgan fingerprint density at radius 2 is 1.55 bits per heavy atom. The van der Waals surface area contributed by atoms with Crippen molar-refractivity contribution in [2.45, 2.75) is 25.8 Å². The zero-order valence-electron chi connectivity index (χ0n) is 18.4. The Kier molecular flexibility index (Phi) is 7.87. The lowest BCUT2D eigenvalue weighted by atomic mass is 9.88. The lowest BCUT2D eigenvalue weighted by molar-refractivity contribution is 0.0741. The van der Waals surface area contributed by atoms with Gasteiger partial charge in [-0.1, -0.05) is 83.9 Å². The monoisotopic (exact) mass is 493 g/mol. The summed E-state index contributed by atoms with van der Waals surface area (Å²) in [5, 5.41) is 2.97. The van der Waals surface area contributed by atoms with E-state index in [2.05, 4.69) is 66.9 Å². The third-order valence-corrected chi connectivity index (χ3v) is 7.40. The Labute approximate surface area is 209 Å². The van der Waals surface area contributed by atoms with Crippen LogP contribution in [-0.2, 0) is 6.54 Å². The maximum absolute atomic E-state index is 13.6. The van der Waals surface area contributed by atoms with Gasteiger partial charge < -0.3 is 4.90 Å². The number of thiophene rings is 1. The standard InChI is InChI=1S/C28H25Cl2NOS/c1-20-15-17-33-27(20)19-31(28(32)25-13-12-23(29)18-26(25)30)16-14-24(21-8-4-2-5-9-21)22-10-6-3-7-11-22/h2-13,15,17-18,24H,14,16,19H2,1H3. The van der Waals surface area contributed by atoms with Crippen LogP contribution in [0.3, 0.4) is 0 Å². The molecule has 0 N–H and O–H groups in total. The number of nitrogens with zero attached hydrogens (tertiary/aromatic N) is 1. The molecule has 0 fully saturated rings. The molecule has 4 aromatic rings. The molecule has 1 aromatic heterocycles. The summed E-state index contributed by atoms with van der Waals surface area (Å²) in [6.45, 7) is 3.24. The van der Waals surface area contributed by atoms with Gasteiger partial charge in [0.2, 0.25) is 0 Å². The van der Waals surface area contributed by atoms with Crippen LogP contribution >= 0.6 is 34.5 Å². The zero-order chi connectivity index (χ0) is 23.2. The minimum atomic E-state index is -0.0793. The maximum atomic E-state index is 13.6. The van der Waals surface area contributed by atoms with Crippen LogP contribution in [0.25, 0.3) is 0 Å². The third kappa shape index (κ3) is 5.86. The molecular weight excluding hydrogens is 469 g/mol. The molecule has 33 heavy (non-hydrogen) atoms. The Morgan fingerprint density at radius 1 is 0.909 bits per heavy atom. The minimum Gasteiger partial charge on any atom is -0.333 e. The molecule has 0 atom stereocenters. The molecule has 0 aliphatic heterocycles. The van der Waals surface area contributed by atoms with E-state index in [1.54, 1.807) is 29.5 Å². The Bertz CT molecular complexity index is 1170. The molecule has 0 radical (unpaired) electrons. The summed E-state index contributed by atoms with van der Waals surface area (Å²) in [7, 11) is 0. The van der Waals surface area contributed by atoms with Crippen molar-refractivity contribution in [1.29, 1.82) is 0 Å². The minimum absolute atomic E-state index is 0.0793. The fourth-order valence-corrected chi connectivity index (χ4v) is 5.42. The summed E-state index contributed by atoms with van der Waals surface area (Å²) >= 11 is 14.2. The number of halogens is 2. The highest BCUT2D eigenvalue weighted by Gasteiger charge is 2.23. The van der Waals surface area contributed by atoms with E-state index in [0.717, 1.165) is 6.42 Å². The van der Waals surface area contributed by atoms with Crippen molar-refractivity contribution in [3.8, 4) is 0 Å². The molecule has 3 aromatic carbocycles. The van der Waals surface area contributed by atoms with Gasteiger partial charge in [-0.05, 0) is 59.7 Å². The molecule has 0 saturated carbocycles. The predicted octanol–water partition coefficient (Wildman–Crippen LogP) is 8.23. The molecule has 0 spiro atoms. The first kappa shape index (κ1) is 23.6. The number of carbonyl (C=O) groups is 1. The van der Waals surface area contributed by atoms with Crippen molar-refractivity contribution in [2.24, 2.45) is 0 Å². The molecule has 5 heteroatoms. The SMILES string of the molecule is Cc1ccsc1CN(CCC(c1ccccc1)c1ccccc1)C(=O)c1ccc(Cl)cc1Cl. The average molecular weight is 494 g/mol. The zero-order valence-corrected chi connectivity index (χ0v) is 20.7. The van der Waals surface area contributed by atoms with Crippen molar-refractivity contribution in [1.82, 2.24) is 4.90 Å². The van der Waals surface area contributed by atoms with E-state index in [0.29, 0.717) is 28.7 Å². The van der Waals surface area contributed by atoms with Gasteiger partial charge in [0.1, 0.15) is 0 Å². The first-order valence-electron chi connectivity index (χ1n) is 10.9. The topological polar surface area (TPSA) is 20.3 Å². The van der Waals surface area contributed by atoms with Crippen LogP contribution < -0.4 is 0 Å². The van der Waals surface area contributed by atoms with Crippen LogP contribution in [0.15, 0.2) is 90.3 Å². The van der Waals surface area contributed by atoms with Crippen molar-refractivity contribution >= 4 is 40.4 Å². The van der Waals surface area contributed by atoms with E-state index >= 15 is 0 Å². The Hall–Kier alpha value is -2.59. The van der Waals surface area contributed by atoms with Gasteiger partial charge in [-0.2, -0.15) is 0 Å². The smallest absolute Gasteiger partial charge is 0.255 e. The highest BCUT2D eigenvalue weighted by molar-refractivity contribution is 7.10. The van der Waals surface area contributed by atoms with E-state index < -0.39 is 0 Å². The largest absolute Gasteiger partial charge is 0.333 e. The molecule has 0 aliphatic carbocycles. The van der Waals surface area contributed by atoms with Crippen molar-refractivity contribution < 1.29 is 4.79 Å². The summed E-state index contributed by atoms with van der Waals surface area (Å²) in [5.74, 6) is 0.108. The number of hydrogen-bond acceptors (Lipinski definition) is 2. The van der Waals surface area contributed by atoms with Crippen LogP contribution in [-0.4, -0.2) is 17.4 Å².